The lowest BCUT2D eigenvalue weighted by atomic mass is 9.70. The van der Waals surface area contributed by atoms with Crippen molar-refractivity contribution >= 4 is 35.1 Å². The number of hydrogen-bond donors (Lipinski definition) is 1. The van der Waals surface area contributed by atoms with Crippen molar-refractivity contribution in [1.82, 2.24) is 19.5 Å². The Labute approximate surface area is 220 Å². The molecule has 8 nitrogen and oxygen atoms in total. The van der Waals surface area contributed by atoms with Crippen LogP contribution >= 0.6 is 0 Å². The smallest absolute Gasteiger partial charge is 0.343 e. The number of nitrogens with zero attached hydrogens (tertiary/aromatic N) is 4. The third-order valence-corrected chi connectivity index (χ3v) is 7.80. The maximum absolute atomic E-state index is 13.9. The third-order valence-electron chi connectivity index (χ3n) is 7.80. The van der Waals surface area contributed by atoms with Gasteiger partial charge < -0.3 is 15.0 Å². The summed E-state index contributed by atoms with van der Waals surface area (Å²) in [6.45, 7) is 5.47. The molecule has 1 aliphatic heterocycles. The van der Waals surface area contributed by atoms with Gasteiger partial charge in [0.05, 0.1) is 12.8 Å². The predicted molar refractivity (Wildman–Crippen MR) is 146 cm³/mol. The Morgan fingerprint density at radius 1 is 1.00 bits per heavy atom. The zero-order valence-corrected chi connectivity index (χ0v) is 21.5. The number of amides is 1. The molecule has 1 saturated heterocycles. The number of para-hydroxylation sites is 1. The van der Waals surface area contributed by atoms with Gasteiger partial charge in [0, 0.05) is 30.4 Å². The summed E-state index contributed by atoms with van der Waals surface area (Å²) in [5, 5.41) is 7.75. The van der Waals surface area contributed by atoms with Crippen LogP contribution in [0.1, 0.15) is 58.5 Å². The van der Waals surface area contributed by atoms with E-state index in [4.69, 9.17) is 4.74 Å². The molecule has 1 spiro atoms. The highest BCUT2D eigenvalue weighted by Crippen LogP contribution is 2.48. The minimum atomic E-state index is -0.499. The molecule has 6 rings (SSSR count). The molecular formula is C30H29N5O3. The van der Waals surface area contributed by atoms with Gasteiger partial charge in [-0.05, 0) is 49.9 Å². The zero-order chi connectivity index (χ0) is 26.3. The van der Waals surface area contributed by atoms with Crippen LogP contribution in [0.3, 0.4) is 0 Å². The van der Waals surface area contributed by atoms with E-state index in [0.29, 0.717) is 30.1 Å². The van der Waals surface area contributed by atoms with Crippen LogP contribution in [0.25, 0.3) is 11.7 Å². The molecule has 1 N–H and O–H groups in total. The van der Waals surface area contributed by atoms with E-state index in [1.165, 1.54) is 33.6 Å². The van der Waals surface area contributed by atoms with Gasteiger partial charge in [0.2, 0.25) is 0 Å². The highest BCUT2D eigenvalue weighted by atomic mass is 16.5. The van der Waals surface area contributed by atoms with E-state index in [9.17, 15) is 9.59 Å². The SMILES string of the molecule is CCOC(=O)c1cnn2c(Nc3ccccc3)c(C(=O)N3CCC4(CC3)C(C)=Cc3ccccc34)cnc12. The van der Waals surface area contributed by atoms with Crippen molar-refractivity contribution in [3.05, 3.63) is 94.8 Å². The van der Waals surface area contributed by atoms with Crippen molar-refractivity contribution in [2.75, 3.05) is 25.0 Å². The number of carbonyl (C=O) groups is 2. The number of allylic oxidation sites excluding steroid dienone is 1. The summed E-state index contributed by atoms with van der Waals surface area (Å²) in [6.07, 6.45) is 6.98. The quantitative estimate of drug-likeness (QED) is 0.372. The summed E-state index contributed by atoms with van der Waals surface area (Å²) in [5.74, 6) is -0.153. The van der Waals surface area contributed by atoms with Crippen molar-refractivity contribution in [3.63, 3.8) is 0 Å². The van der Waals surface area contributed by atoms with Crippen molar-refractivity contribution in [1.29, 1.82) is 0 Å². The predicted octanol–water partition coefficient (Wildman–Crippen LogP) is 5.24. The van der Waals surface area contributed by atoms with Crippen LogP contribution in [0.5, 0.6) is 0 Å². The normalized spacial score (nSPS) is 15.8. The molecule has 2 aromatic heterocycles. The Morgan fingerprint density at radius 2 is 1.74 bits per heavy atom. The van der Waals surface area contributed by atoms with Crippen molar-refractivity contribution < 1.29 is 14.3 Å². The average Bonchev–Trinajstić information content (AvgIpc) is 3.49. The second-order valence-electron chi connectivity index (χ2n) is 9.81. The minimum absolute atomic E-state index is 0.0166. The molecule has 0 atom stereocenters. The van der Waals surface area contributed by atoms with Crippen LogP contribution in [0.4, 0.5) is 11.5 Å². The number of anilines is 2. The monoisotopic (exact) mass is 507 g/mol. The van der Waals surface area contributed by atoms with Crippen molar-refractivity contribution in [2.24, 2.45) is 0 Å². The van der Waals surface area contributed by atoms with Gasteiger partial charge in [0.25, 0.3) is 5.91 Å². The van der Waals surface area contributed by atoms with Crippen LogP contribution < -0.4 is 5.32 Å². The second kappa shape index (κ2) is 9.45. The number of piperidine rings is 1. The van der Waals surface area contributed by atoms with E-state index >= 15 is 0 Å². The fourth-order valence-corrected chi connectivity index (χ4v) is 5.79. The van der Waals surface area contributed by atoms with E-state index in [0.717, 1.165) is 18.5 Å². The Bertz CT molecular complexity index is 1570. The van der Waals surface area contributed by atoms with Gasteiger partial charge in [-0.25, -0.2) is 9.78 Å². The summed E-state index contributed by atoms with van der Waals surface area (Å²) < 4.78 is 6.68. The first-order valence-electron chi connectivity index (χ1n) is 13.0. The number of esters is 1. The van der Waals surface area contributed by atoms with Gasteiger partial charge in [-0.3, -0.25) is 4.79 Å². The Hall–Kier alpha value is -4.46. The summed E-state index contributed by atoms with van der Waals surface area (Å²) in [4.78, 5) is 32.8. The maximum atomic E-state index is 13.9. The summed E-state index contributed by atoms with van der Waals surface area (Å²) in [5.41, 5.74) is 5.77. The van der Waals surface area contributed by atoms with E-state index in [-0.39, 0.29) is 23.5 Å². The summed E-state index contributed by atoms with van der Waals surface area (Å²) in [6, 6.07) is 18.1. The summed E-state index contributed by atoms with van der Waals surface area (Å²) >= 11 is 0. The van der Waals surface area contributed by atoms with Crippen LogP contribution in [0, 0.1) is 0 Å². The first kappa shape index (κ1) is 23.9. The molecule has 2 aromatic carbocycles. The van der Waals surface area contributed by atoms with Crippen LogP contribution in [-0.4, -0.2) is 51.1 Å². The number of carbonyl (C=O) groups excluding carboxylic acids is 2. The van der Waals surface area contributed by atoms with Crippen LogP contribution in [0.15, 0.2) is 72.6 Å². The third kappa shape index (κ3) is 3.84. The second-order valence-corrected chi connectivity index (χ2v) is 9.81. The van der Waals surface area contributed by atoms with E-state index < -0.39 is 5.97 Å². The fourth-order valence-electron chi connectivity index (χ4n) is 5.79. The first-order valence-corrected chi connectivity index (χ1v) is 13.0. The standard InChI is InChI=1S/C30H29N5O3/c1-3-38-29(37)24-19-32-35-26(24)31-18-23(27(35)33-22-10-5-4-6-11-22)28(36)34-15-13-30(14-16-34)20(2)17-21-9-7-8-12-25(21)30/h4-12,17-19,33H,3,13-16H2,1-2H3. The molecule has 1 amide bonds. The highest BCUT2D eigenvalue weighted by Gasteiger charge is 2.43. The molecule has 3 heterocycles. The first-order chi connectivity index (χ1) is 18.5. The maximum Gasteiger partial charge on any atom is 0.343 e. The molecule has 8 heteroatoms. The van der Waals surface area contributed by atoms with Crippen LogP contribution in [-0.2, 0) is 10.2 Å². The molecule has 1 fully saturated rings. The van der Waals surface area contributed by atoms with Crippen LogP contribution in [0.2, 0.25) is 0 Å². The summed E-state index contributed by atoms with van der Waals surface area (Å²) in [7, 11) is 0. The van der Waals surface area contributed by atoms with E-state index in [2.05, 4.69) is 52.7 Å². The average molecular weight is 508 g/mol. The molecule has 192 valence electrons. The molecule has 0 bridgehead atoms. The minimum Gasteiger partial charge on any atom is -0.462 e. The molecule has 0 saturated carbocycles. The molecule has 0 unspecified atom stereocenters. The van der Waals surface area contributed by atoms with Crippen molar-refractivity contribution in [2.45, 2.75) is 32.1 Å². The number of hydrogen-bond acceptors (Lipinski definition) is 6. The largest absolute Gasteiger partial charge is 0.462 e. The molecule has 2 aliphatic rings. The molecule has 1 aliphatic carbocycles. The topological polar surface area (TPSA) is 88.8 Å². The lowest BCUT2D eigenvalue weighted by Gasteiger charge is -2.41. The number of likely N-dealkylation sites (tertiary alicyclic amines) is 1. The molecule has 4 aromatic rings. The Morgan fingerprint density at radius 3 is 2.50 bits per heavy atom. The molecule has 38 heavy (non-hydrogen) atoms. The van der Waals surface area contributed by atoms with Gasteiger partial charge in [-0.1, -0.05) is 54.1 Å². The van der Waals surface area contributed by atoms with E-state index in [1.807, 2.05) is 35.2 Å². The molecule has 0 radical (unpaired) electrons. The number of ether oxygens (including phenoxy) is 1. The fraction of sp³-hybridized carbons (Fsp3) is 0.267. The number of fused-ring (bicyclic) bond motifs is 3. The molecular weight excluding hydrogens is 478 g/mol. The Balaban J connectivity index is 1.33. The van der Waals surface area contributed by atoms with E-state index in [1.54, 1.807) is 6.92 Å². The van der Waals surface area contributed by atoms with Gasteiger partial charge in [0.1, 0.15) is 16.9 Å². The van der Waals surface area contributed by atoms with Gasteiger partial charge >= 0.3 is 5.97 Å². The number of benzene rings is 2. The van der Waals surface area contributed by atoms with Gasteiger partial charge in [-0.2, -0.15) is 9.61 Å². The number of nitrogens with one attached hydrogen (secondary N) is 1. The van der Waals surface area contributed by atoms with Gasteiger partial charge in [-0.15, -0.1) is 0 Å². The zero-order valence-electron chi connectivity index (χ0n) is 21.5. The lowest BCUT2D eigenvalue weighted by molar-refractivity contribution is 0.0528. The lowest BCUT2D eigenvalue weighted by Crippen LogP contribution is -2.45. The van der Waals surface area contributed by atoms with Gasteiger partial charge in [0.15, 0.2) is 5.65 Å². The van der Waals surface area contributed by atoms with Crippen molar-refractivity contribution in [3.8, 4) is 0 Å². The Kier molecular flexibility index (Phi) is 5.94. The number of aromatic nitrogens is 3. The highest BCUT2D eigenvalue weighted by molar-refractivity contribution is 6.01. The number of rotatable bonds is 5.